The number of carboxylic acids is 1. The van der Waals surface area contributed by atoms with Crippen LogP contribution in [0.15, 0.2) is 30.0 Å². The number of carboxylic acid groups (broad SMARTS) is 1. The fraction of sp³-hybridized carbons (Fsp3) is 0.517. The van der Waals surface area contributed by atoms with Crippen LogP contribution in [0.25, 0.3) is 5.52 Å². The topological polar surface area (TPSA) is 124 Å². The van der Waals surface area contributed by atoms with Gasteiger partial charge in [0.15, 0.2) is 12.4 Å². The van der Waals surface area contributed by atoms with E-state index in [1.165, 1.54) is 38.2 Å². The highest BCUT2D eigenvalue weighted by Crippen LogP contribution is 2.30. The summed E-state index contributed by atoms with van der Waals surface area (Å²) in [5, 5.41) is 8.77. The van der Waals surface area contributed by atoms with Crippen LogP contribution in [-0.2, 0) is 16.0 Å². The number of primary amides is 1. The van der Waals surface area contributed by atoms with Crippen LogP contribution in [0.3, 0.4) is 0 Å². The maximum absolute atomic E-state index is 12.0. The molecule has 8 nitrogen and oxygen atoms in total. The molecule has 0 bridgehead atoms. The van der Waals surface area contributed by atoms with Crippen LogP contribution in [0.2, 0.25) is 0 Å². The number of amides is 1. The van der Waals surface area contributed by atoms with Gasteiger partial charge in [0.05, 0.1) is 11.3 Å². The fourth-order valence-electron chi connectivity index (χ4n) is 3.34. The number of aryl methyl sites for hydroxylation is 2. The highest BCUT2D eigenvalue weighted by molar-refractivity contribution is 6.04. The summed E-state index contributed by atoms with van der Waals surface area (Å²) in [6.45, 7) is 17.5. The van der Waals surface area contributed by atoms with Crippen molar-refractivity contribution in [1.82, 2.24) is 9.38 Å². The number of allylic oxidation sites excluding steroid dienone is 4. The van der Waals surface area contributed by atoms with E-state index in [0.29, 0.717) is 23.2 Å². The lowest BCUT2D eigenvalue weighted by Gasteiger charge is -2.08. The van der Waals surface area contributed by atoms with E-state index in [9.17, 15) is 9.59 Å². The zero-order valence-electron chi connectivity index (χ0n) is 24.2. The van der Waals surface area contributed by atoms with Gasteiger partial charge < -0.3 is 20.0 Å². The molecule has 1 amide bonds. The Labute approximate surface area is 222 Å². The van der Waals surface area contributed by atoms with Gasteiger partial charge in [-0.1, -0.05) is 70.8 Å². The van der Waals surface area contributed by atoms with Crippen molar-refractivity contribution < 1.29 is 24.2 Å². The van der Waals surface area contributed by atoms with Crippen LogP contribution in [0.5, 0.6) is 5.88 Å². The second kappa shape index (κ2) is 20.7. The summed E-state index contributed by atoms with van der Waals surface area (Å²) in [7, 11) is 0. The van der Waals surface area contributed by atoms with Gasteiger partial charge in [0.25, 0.3) is 0 Å². The third-order valence-electron chi connectivity index (χ3n) is 5.13. The van der Waals surface area contributed by atoms with Crippen LogP contribution in [-0.4, -0.2) is 39.3 Å². The standard InChI is InChI=1S/C15H18N2O4.C9H16.C4H10.CH3NO/c1-5-11-9(3)17-6-8(2)16-15(21-7-12(19)20)14(17)13(11)10(4)18;1-4-6-8-9(3)7-5-2;1-3-4-2;2-1-3/h6H,5,7H2,1-4H3,(H,19,20);4,6,8H,5,7H2,1-3H3;3-4H2,1-2H3;1H,(H2,2,3)/b;6-4-,9-8-;;. The van der Waals surface area contributed by atoms with Gasteiger partial charge in [-0.15, -0.1) is 0 Å². The Kier molecular flexibility index (Phi) is 20.0. The Morgan fingerprint density at radius 2 is 1.68 bits per heavy atom. The molecule has 3 N–H and O–H groups in total. The van der Waals surface area contributed by atoms with E-state index >= 15 is 0 Å². The van der Waals surface area contributed by atoms with Gasteiger partial charge in [0, 0.05) is 11.9 Å². The van der Waals surface area contributed by atoms with Crippen LogP contribution >= 0.6 is 0 Å². The van der Waals surface area contributed by atoms with E-state index in [2.05, 4.69) is 56.6 Å². The molecule has 0 aliphatic carbocycles. The Hall–Kier alpha value is -3.42. The van der Waals surface area contributed by atoms with Gasteiger partial charge >= 0.3 is 5.97 Å². The first-order chi connectivity index (χ1) is 17.5. The van der Waals surface area contributed by atoms with E-state index in [-0.39, 0.29) is 18.1 Å². The summed E-state index contributed by atoms with van der Waals surface area (Å²) in [6.07, 6.45) is 14.2. The molecule has 2 aromatic rings. The minimum absolute atomic E-state index is 0.0803. The lowest BCUT2D eigenvalue weighted by molar-refractivity contribution is -0.139. The summed E-state index contributed by atoms with van der Waals surface area (Å²) >= 11 is 0. The number of carbonyl (C=O) groups is 3. The molecule has 0 aliphatic heterocycles. The molecular formula is C29H47N3O5. The fourth-order valence-corrected chi connectivity index (χ4v) is 3.34. The van der Waals surface area contributed by atoms with E-state index in [4.69, 9.17) is 14.6 Å². The summed E-state index contributed by atoms with van der Waals surface area (Å²) < 4.78 is 7.14. The Balaban J connectivity index is 0. The molecule has 0 unspecified atom stereocenters. The maximum Gasteiger partial charge on any atom is 0.341 e. The molecule has 0 aromatic carbocycles. The van der Waals surface area contributed by atoms with Gasteiger partial charge in [0.2, 0.25) is 12.3 Å². The first-order valence-electron chi connectivity index (χ1n) is 12.8. The number of nitrogens with two attached hydrogens (primary N) is 1. The molecule has 0 radical (unpaired) electrons. The quantitative estimate of drug-likeness (QED) is 0.225. The molecule has 0 atom stereocenters. The van der Waals surface area contributed by atoms with Crippen molar-refractivity contribution in [3.05, 3.63) is 52.5 Å². The Morgan fingerprint density at radius 1 is 1.11 bits per heavy atom. The van der Waals surface area contributed by atoms with E-state index in [1.54, 1.807) is 6.92 Å². The van der Waals surface area contributed by atoms with Crippen molar-refractivity contribution in [3.63, 3.8) is 0 Å². The number of unbranched alkanes of at least 4 members (excludes halogenated alkanes) is 1. The average molecular weight is 518 g/mol. The summed E-state index contributed by atoms with van der Waals surface area (Å²) in [5.41, 5.74) is 9.32. The van der Waals surface area contributed by atoms with Crippen molar-refractivity contribution in [2.45, 2.75) is 94.4 Å². The Morgan fingerprint density at radius 3 is 2.08 bits per heavy atom. The molecular weight excluding hydrogens is 470 g/mol. The number of aromatic nitrogens is 2. The normalized spacial score (nSPS) is 10.5. The molecule has 2 rings (SSSR count). The largest absolute Gasteiger partial charge is 0.479 e. The lowest BCUT2D eigenvalue weighted by atomic mass is 10.0. The van der Waals surface area contributed by atoms with Gasteiger partial charge in [-0.2, -0.15) is 0 Å². The third-order valence-corrected chi connectivity index (χ3v) is 5.13. The highest BCUT2D eigenvalue weighted by Gasteiger charge is 2.22. The molecule has 0 saturated heterocycles. The minimum Gasteiger partial charge on any atom is -0.479 e. The first kappa shape index (κ1) is 35.7. The summed E-state index contributed by atoms with van der Waals surface area (Å²) in [4.78, 5) is 35.6. The predicted molar refractivity (Wildman–Crippen MR) is 151 cm³/mol. The number of ether oxygens (including phenoxy) is 1. The number of aliphatic carboxylic acids is 1. The van der Waals surface area contributed by atoms with E-state index in [1.807, 2.05) is 31.4 Å². The average Bonchev–Trinajstić information content (AvgIpc) is 3.14. The van der Waals surface area contributed by atoms with Crippen LogP contribution in [0.4, 0.5) is 0 Å². The first-order valence-corrected chi connectivity index (χ1v) is 12.8. The number of ketones is 1. The van der Waals surface area contributed by atoms with Crippen LogP contribution in [0.1, 0.15) is 101 Å². The number of Topliss-reactive ketones (excluding diaryl/α,β-unsaturated/α-hetero) is 1. The molecule has 0 aliphatic rings. The van der Waals surface area contributed by atoms with Crippen molar-refractivity contribution in [2.75, 3.05) is 6.61 Å². The molecule has 8 heteroatoms. The molecule has 0 spiro atoms. The number of nitrogens with zero attached hydrogens (tertiary/aromatic N) is 2. The molecule has 0 fully saturated rings. The molecule has 2 heterocycles. The molecule has 37 heavy (non-hydrogen) atoms. The van der Waals surface area contributed by atoms with Crippen molar-refractivity contribution >= 4 is 23.7 Å². The van der Waals surface area contributed by atoms with Crippen molar-refractivity contribution in [3.8, 4) is 5.88 Å². The van der Waals surface area contributed by atoms with E-state index < -0.39 is 12.6 Å². The van der Waals surface area contributed by atoms with Crippen molar-refractivity contribution in [2.24, 2.45) is 5.73 Å². The Bertz CT molecular complexity index is 1030. The lowest BCUT2D eigenvalue weighted by Crippen LogP contribution is -2.12. The smallest absolute Gasteiger partial charge is 0.341 e. The van der Waals surface area contributed by atoms with Gasteiger partial charge in [-0.3, -0.25) is 9.59 Å². The third kappa shape index (κ3) is 13.5. The highest BCUT2D eigenvalue weighted by atomic mass is 16.5. The van der Waals surface area contributed by atoms with Crippen molar-refractivity contribution in [1.29, 1.82) is 0 Å². The number of rotatable bonds is 9. The van der Waals surface area contributed by atoms with Gasteiger partial charge in [0.1, 0.15) is 5.52 Å². The predicted octanol–water partition coefficient (Wildman–Crippen LogP) is 6.40. The number of fused-ring (bicyclic) bond motifs is 1. The molecule has 208 valence electrons. The van der Waals surface area contributed by atoms with Gasteiger partial charge in [-0.25, -0.2) is 9.78 Å². The van der Waals surface area contributed by atoms with Gasteiger partial charge in [-0.05, 0) is 53.0 Å². The summed E-state index contributed by atoms with van der Waals surface area (Å²) in [5.74, 6) is -0.978. The second-order valence-electron chi connectivity index (χ2n) is 8.36. The zero-order valence-corrected chi connectivity index (χ0v) is 24.2. The van der Waals surface area contributed by atoms with Crippen LogP contribution in [0, 0.1) is 13.8 Å². The van der Waals surface area contributed by atoms with Crippen LogP contribution < -0.4 is 10.5 Å². The zero-order chi connectivity index (χ0) is 29.0. The molecule has 2 aromatic heterocycles. The molecule has 0 saturated carbocycles. The number of hydrogen-bond donors (Lipinski definition) is 2. The SMILES string of the molecule is C/C=C\C=C(\C)CCC.CCCC.CCc1c(C(C)=O)c2c(OCC(=O)O)nc(C)cn2c1C.NC=O. The second-order valence-corrected chi connectivity index (χ2v) is 8.36. The maximum atomic E-state index is 12.0. The summed E-state index contributed by atoms with van der Waals surface area (Å²) in [6, 6.07) is 0. The monoisotopic (exact) mass is 517 g/mol. The number of carbonyl (C=O) groups excluding carboxylic acids is 2. The van der Waals surface area contributed by atoms with E-state index in [0.717, 1.165) is 11.3 Å². The number of hydrogen-bond acceptors (Lipinski definition) is 5. The minimum atomic E-state index is -1.08.